The first kappa shape index (κ1) is 20.0. The maximum atomic E-state index is 12.7. The van der Waals surface area contributed by atoms with Gasteiger partial charge in [-0.2, -0.15) is 8.42 Å². The summed E-state index contributed by atoms with van der Waals surface area (Å²) in [6.45, 7) is 3.98. The molecular formula is C19H21NO4S3. The number of rotatable bonds is 5. The maximum Gasteiger partial charge on any atom is 0.348 e. The van der Waals surface area contributed by atoms with E-state index in [9.17, 15) is 13.2 Å². The summed E-state index contributed by atoms with van der Waals surface area (Å²) >= 11 is 1.30. The first-order chi connectivity index (χ1) is 12.8. The third-order valence-electron chi connectivity index (χ3n) is 4.12. The number of allylic oxidation sites excluding steroid dienone is 1. The van der Waals surface area contributed by atoms with Crippen LogP contribution in [0.25, 0.3) is 6.08 Å². The van der Waals surface area contributed by atoms with Crippen LogP contribution in [0.3, 0.4) is 0 Å². The lowest BCUT2D eigenvalue weighted by Gasteiger charge is -2.09. The fourth-order valence-electron chi connectivity index (χ4n) is 2.82. The molecule has 27 heavy (non-hydrogen) atoms. The molecule has 1 unspecified atom stereocenters. The Hall–Kier alpha value is -1.77. The monoisotopic (exact) mass is 423 g/mol. The molecule has 0 amide bonds. The van der Waals surface area contributed by atoms with Gasteiger partial charge in [0.25, 0.3) is 10.0 Å². The highest BCUT2D eigenvalue weighted by Gasteiger charge is 2.25. The summed E-state index contributed by atoms with van der Waals surface area (Å²) in [5, 5.41) is 0. The van der Waals surface area contributed by atoms with E-state index >= 15 is 0 Å². The van der Waals surface area contributed by atoms with Crippen LogP contribution in [0.4, 0.5) is 0 Å². The predicted molar refractivity (Wildman–Crippen MR) is 110 cm³/mol. The number of thiophene rings is 1. The molecule has 2 aromatic rings. The number of aryl methyl sites for hydroxylation is 1. The number of fused-ring (bicyclic) bond motifs is 1. The second kappa shape index (κ2) is 8.08. The number of hydrogen-bond acceptors (Lipinski definition) is 5. The maximum absolute atomic E-state index is 12.7. The molecular weight excluding hydrogens is 402 g/mol. The summed E-state index contributed by atoms with van der Waals surface area (Å²) in [6.07, 6.45) is 7.38. The number of ether oxygens (including phenoxy) is 1. The Kier molecular flexibility index (Phi) is 5.98. The minimum Gasteiger partial charge on any atom is -0.462 e. The first-order valence-corrected chi connectivity index (χ1v) is 12.4. The zero-order valence-corrected chi connectivity index (χ0v) is 17.8. The van der Waals surface area contributed by atoms with Gasteiger partial charge in [-0.3, -0.25) is 0 Å². The average Bonchev–Trinajstić information content (AvgIpc) is 3.02. The van der Waals surface area contributed by atoms with Crippen LogP contribution in [0.2, 0.25) is 0 Å². The number of carbonyl (C=O) groups excluding carboxylic acids is 1. The van der Waals surface area contributed by atoms with Gasteiger partial charge in [-0.1, -0.05) is 29.8 Å². The Balaban J connectivity index is 2.05. The van der Waals surface area contributed by atoms with E-state index in [0.717, 1.165) is 33.7 Å². The van der Waals surface area contributed by atoms with E-state index in [4.69, 9.17) is 4.74 Å². The van der Waals surface area contributed by atoms with Crippen molar-refractivity contribution in [1.29, 1.82) is 0 Å². The molecule has 0 spiro atoms. The van der Waals surface area contributed by atoms with Crippen molar-refractivity contribution in [2.45, 2.75) is 35.8 Å². The largest absolute Gasteiger partial charge is 0.462 e. The van der Waals surface area contributed by atoms with E-state index < -0.39 is 20.7 Å². The fourth-order valence-corrected chi connectivity index (χ4v) is 7.57. The van der Waals surface area contributed by atoms with Crippen molar-refractivity contribution >= 4 is 44.1 Å². The molecule has 0 N–H and O–H groups in total. The van der Waals surface area contributed by atoms with Gasteiger partial charge in [-0.15, -0.1) is 15.1 Å². The lowest BCUT2D eigenvalue weighted by atomic mass is 10.00. The Morgan fingerprint density at radius 3 is 2.67 bits per heavy atom. The molecule has 1 aromatic carbocycles. The van der Waals surface area contributed by atoms with Crippen LogP contribution in [0.15, 0.2) is 43.2 Å². The molecule has 0 saturated heterocycles. The molecule has 1 aliphatic rings. The second-order valence-corrected chi connectivity index (χ2v) is 10.8. The van der Waals surface area contributed by atoms with E-state index in [0.29, 0.717) is 11.5 Å². The fraction of sp³-hybridized carbons (Fsp3) is 0.316. The smallest absolute Gasteiger partial charge is 0.348 e. The normalized spacial score (nSPS) is 14.8. The zero-order valence-electron chi connectivity index (χ0n) is 15.4. The number of esters is 1. The minimum absolute atomic E-state index is 0.180. The average molecular weight is 424 g/mol. The molecule has 0 aliphatic heterocycles. The lowest BCUT2D eigenvalue weighted by molar-refractivity contribution is 0.0531. The summed E-state index contributed by atoms with van der Waals surface area (Å²) in [5.41, 5.74) is 2.85. The summed E-state index contributed by atoms with van der Waals surface area (Å²) in [7, 11) is -4.67. The number of carbonyl (C=O) groups is 1. The van der Waals surface area contributed by atoms with Gasteiger partial charge in [-0.05, 0) is 61.3 Å². The highest BCUT2D eigenvalue weighted by Crippen LogP contribution is 2.37. The van der Waals surface area contributed by atoms with Crippen molar-refractivity contribution < 1.29 is 17.9 Å². The molecule has 0 saturated carbocycles. The molecule has 0 radical (unpaired) electrons. The quantitative estimate of drug-likeness (QED) is 0.669. The van der Waals surface area contributed by atoms with Gasteiger partial charge in [0.15, 0.2) is 0 Å². The van der Waals surface area contributed by atoms with Gasteiger partial charge in [0.2, 0.25) is 0 Å². The van der Waals surface area contributed by atoms with Gasteiger partial charge in [-0.25, -0.2) is 4.79 Å². The van der Waals surface area contributed by atoms with Gasteiger partial charge in [0, 0.05) is 5.56 Å². The van der Waals surface area contributed by atoms with Crippen molar-refractivity contribution in [2.24, 2.45) is 3.77 Å². The molecule has 3 rings (SSSR count). The van der Waals surface area contributed by atoms with Crippen molar-refractivity contribution in [3.8, 4) is 0 Å². The van der Waals surface area contributed by atoms with Crippen LogP contribution in [-0.2, 0) is 31.9 Å². The van der Waals surface area contributed by atoms with Gasteiger partial charge < -0.3 is 4.74 Å². The van der Waals surface area contributed by atoms with Crippen LogP contribution >= 0.6 is 11.3 Å². The van der Waals surface area contributed by atoms with Crippen molar-refractivity contribution in [1.82, 2.24) is 0 Å². The summed E-state index contributed by atoms with van der Waals surface area (Å²) in [4.78, 5) is 13.1. The molecule has 1 heterocycles. The van der Waals surface area contributed by atoms with E-state index in [1.54, 1.807) is 37.4 Å². The van der Waals surface area contributed by atoms with Crippen LogP contribution in [0, 0.1) is 6.92 Å². The van der Waals surface area contributed by atoms with Gasteiger partial charge >= 0.3 is 5.97 Å². The number of benzene rings is 1. The number of sulfonamides is 1. The van der Waals surface area contributed by atoms with Crippen LogP contribution in [0.1, 0.15) is 39.7 Å². The SMILES string of the molecule is CCOC(=O)c1sc(S(C)=NS(=O)(=O)c2ccc(C)cc2)c2c1CCC=C2. The van der Waals surface area contributed by atoms with Crippen molar-refractivity contribution in [3.63, 3.8) is 0 Å². The number of nitrogens with zero attached hydrogens (tertiary/aromatic N) is 1. The molecule has 1 atom stereocenters. The van der Waals surface area contributed by atoms with E-state index in [-0.39, 0.29) is 10.9 Å². The summed E-state index contributed by atoms with van der Waals surface area (Å²) in [5.74, 6) is -0.348. The van der Waals surface area contributed by atoms with E-state index in [1.807, 2.05) is 19.1 Å². The zero-order chi connectivity index (χ0) is 19.6. The molecule has 0 fully saturated rings. The lowest BCUT2D eigenvalue weighted by Crippen LogP contribution is -2.06. The highest BCUT2D eigenvalue weighted by molar-refractivity contribution is 8.00. The Bertz CT molecular complexity index is 1030. The predicted octanol–water partition coefficient (Wildman–Crippen LogP) is 4.37. The van der Waals surface area contributed by atoms with Crippen LogP contribution < -0.4 is 0 Å². The molecule has 1 aromatic heterocycles. The van der Waals surface area contributed by atoms with E-state index in [2.05, 4.69) is 3.77 Å². The standard InChI is InChI=1S/C19H21NO4S3/c1-4-24-18(21)17-15-7-5-6-8-16(15)19(25-17)26(3)20-27(22,23)14-11-9-13(2)10-12-14/h6,8-12H,4-5,7H2,1-3H3. The Labute approximate surface area is 166 Å². The third-order valence-corrected chi connectivity index (χ3v) is 9.42. The van der Waals surface area contributed by atoms with Gasteiger partial charge in [0.1, 0.15) is 4.88 Å². The highest BCUT2D eigenvalue weighted by atomic mass is 32.3. The molecule has 1 aliphatic carbocycles. The van der Waals surface area contributed by atoms with Gasteiger partial charge in [0.05, 0.1) is 15.7 Å². The summed E-state index contributed by atoms with van der Waals surface area (Å²) < 4.78 is 35.5. The minimum atomic E-state index is -3.77. The Morgan fingerprint density at radius 1 is 1.30 bits per heavy atom. The molecule has 5 nitrogen and oxygen atoms in total. The topological polar surface area (TPSA) is 72.8 Å². The van der Waals surface area contributed by atoms with Crippen molar-refractivity contribution in [2.75, 3.05) is 12.9 Å². The summed E-state index contributed by atoms with van der Waals surface area (Å²) in [6, 6.07) is 6.65. The first-order valence-electron chi connectivity index (χ1n) is 8.53. The third kappa shape index (κ3) is 4.23. The number of hydrogen-bond donors (Lipinski definition) is 0. The van der Waals surface area contributed by atoms with E-state index in [1.165, 1.54) is 11.3 Å². The molecule has 0 bridgehead atoms. The van der Waals surface area contributed by atoms with Crippen LogP contribution in [0.5, 0.6) is 0 Å². The Morgan fingerprint density at radius 2 is 2.00 bits per heavy atom. The molecule has 8 heteroatoms. The second-order valence-electron chi connectivity index (χ2n) is 6.11. The van der Waals surface area contributed by atoms with Crippen LogP contribution in [-0.4, -0.2) is 27.2 Å². The van der Waals surface area contributed by atoms with Crippen molar-refractivity contribution in [3.05, 3.63) is 51.9 Å². The molecule has 144 valence electrons.